The van der Waals surface area contributed by atoms with Crippen molar-refractivity contribution in [2.45, 2.75) is 51.2 Å². The number of para-hydroxylation sites is 1. The van der Waals surface area contributed by atoms with Crippen LogP contribution in [0, 0.1) is 5.92 Å². The molecule has 2 amide bonds. The van der Waals surface area contributed by atoms with Crippen LogP contribution in [0.1, 0.15) is 33.6 Å². The number of rotatable bonds is 12. The Hall–Kier alpha value is -2.39. The highest BCUT2D eigenvalue weighted by molar-refractivity contribution is 7.98. The second-order valence-electron chi connectivity index (χ2n) is 7.66. The summed E-state index contributed by atoms with van der Waals surface area (Å²) in [6.07, 6.45) is 2.83. The fraction of sp³-hybridized carbons (Fsp3) is 0.524. The van der Waals surface area contributed by atoms with E-state index in [0.717, 1.165) is 11.8 Å². The average Bonchev–Trinajstić information content (AvgIpc) is 2.71. The molecule has 0 aliphatic heterocycles. The first-order chi connectivity index (χ1) is 14.1. The number of carboxylic acids is 1. The first-order valence-electron chi connectivity index (χ1n) is 9.72. The molecule has 1 rings (SSSR count). The highest BCUT2D eigenvalue weighted by atomic mass is 32.2. The van der Waals surface area contributed by atoms with Gasteiger partial charge in [0.25, 0.3) is 5.91 Å². The molecule has 0 saturated heterocycles. The van der Waals surface area contributed by atoms with E-state index in [0.29, 0.717) is 12.2 Å². The van der Waals surface area contributed by atoms with E-state index in [2.05, 4.69) is 5.32 Å². The quantitative estimate of drug-likeness (QED) is 0.335. The van der Waals surface area contributed by atoms with Gasteiger partial charge in [-0.1, -0.05) is 32.0 Å². The van der Waals surface area contributed by atoms with Crippen molar-refractivity contribution < 1.29 is 24.3 Å². The molecule has 0 fully saturated rings. The first kappa shape index (κ1) is 25.6. The van der Waals surface area contributed by atoms with Crippen molar-refractivity contribution in [2.75, 3.05) is 16.9 Å². The van der Waals surface area contributed by atoms with E-state index in [4.69, 9.17) is 5.73 Å². The van der Waals surface area contributed by atoms with Crippen LogP contribution in [0.2, 0.25) is 0 Å². The summed E-state index contributed by atoms with van der Waals surface area (Å²) in [5.41, 5.74) is 4.03. The lowest BCUT2D eigenvalue weighted by atomic mass is 9.96. The van der Waals surface area contributed by atoms with Crippen molar-refractivity contribution in [2.24, 2.45) is 11.7 Å². The zero-order chi connectivity index (χ0) is 22.9. The first-order valence-corrected chi connectivity index (χ1v) is 11.1. The maximum atomic E-state index is 13.5. The zero-order valence-corrected chi connectivity index (χ0v) is 18.6. The molecule has 3 atom stereocenters. The fourth-order valence-electron chi connectivity index (χ4n) is 2.90. The van der Waals surface area contributed by atoms with Crippen molar-refractivity contribution in [3.63, 3.8) is 0 Å². The molecule has 0 saturated carbocycles. The predicted octanol–water partition coefficient (Wildman–Crippen LogP) is 1.67. The summed E-state index contributed by atoms with van der Waals surface area (Å²) in [6, 6.07) is 6.25. The Morgan fingerprint density at radius 2 is 1.87 bits per heavy atom. The number of carbonyl (C=O) groups excluding carboxylic acids is 3. The molecule has 1 aromatic rings. The Labute approximate surface area is 181 Å². The molecule has 8 nitrogen and oxygen atoms in total. The molecule has 166 valence electrons. The summed E-state index contributed by atoms with van der Waals surface area (Å²) in [5, 5.41) is 12.4. The van der Waals surface area contributed by atoms with Crippen molar-refractivity contribution >= 4 is 41.5 Å². The van der Waals surface area contributed by atoms with Gasteiger partial charge in [-0.3, -0.25) is 14.5 Å². The lowest BCUT2D eigenvalue weighted by molar-refractivity contribution is -0.146. The molecule has 0 bridgehead atoms. The van der Waals surface area contributed by atoms with Crippen LogP contribution in [0.5, 0.6) is 0 Å². The maximum absolute atomic E-state index is 13.5. The number of nitrogens with one attached hydrogen (secondary N) is 1. The van der Waals surface area contributed by atoms with E-state index in [1.807, 2.05) is 20.1 Å². The van der Waals surface area contributed by atoms with Gasteiger partial charge in [-0.15, -0.1) is 0 Å². The molecule has 30 heavy (non-hydrogen) atoms. The maximum Gasteiger partial charge on any atom is 0.337 e. The topological polar surface area (TPSA) is 130 Å². The van der Waals surface area contributed by atoms with Crippen LogP contribution in [0.3, 0.4) is 0 Å². The number of nitrogens with zero attached hydrogens (tertiary/aromatic N) is 1. The number of carboxylic acid groups (broad SMARTS) is 1. The largest absolute Gasteiger partial charge is 0.479 e. The van der Waals surface area contributed by atoms with E-state index in [1.165, 1.54) is 0 Å². The highest BCUT2D eigenvalue weighted by Crippen LogP contribution is 2.26. The number of hydrogen-bond donors (Lipinski definition) is 3. The Kier molecular flexibility index (Phi) is 10.0. The lowest BCUT2D eigenvalue weighted by Crippen LogP contribution is -2.62. The summed E-state index contributed by atoms with van der Waals surface area (Å²) in [6.45, 7) is 4.91. The van der Waals surface area contributed by atoms with Crippen LogP contribution >= 0.6 is 11.8 Å². The van der Waals surface area contributed by atoms with Gasteiger partial charge in [-0.2, -0.15) is 11.8 Å². The van der Waals surface area contributed by atoms with Crippen LogP contribution in [-0.4, -0.2) is 58.8 Å². The van der Waals surface area contributed by atoms with Gasteiger partial charge in [0.2, 0.25) is 5.91 Å². The third-order valence-electron chi connectivity index (χ3n) is 4.65. The van der Waals surface area contributed by atoms with E-state index >= 15 is 0 Å². The summed E-state index contributed by atoms with van der Waals surface area (Å²) >= 11 is 1.56. The van der Waals surface area contributed by atoms with Crippen LogP contribution in [-0.2, 0) is 19.2 Å². The number of hydrogen-bond acceptors (Lipinski definition) is 6. The third kappa shape index (κ3) is 6.56. The second-order valence-corrected chi connectivity index (χ2v) is 8.64. The number of anilines is 1. The van der Waals surface area contributed by atoms with Gasteiger partial charge in [0.15, 0.2) is 11.8 Å². The number of aliphatic carboxylic acids is 1. The second kappa shape index (κ2) is 11.7. The number of thioether (sulfide) groups is 1. The van der Waals surface area contributed by atoms with Crippen LogP contribution in [0.4, 0.5) is 5.69 Å². The molecule has 9 heteroatoms. The van der Waals surface area contributed by atoms with Crippen molar-refractivity contribution in [1.29, 1.82) is 0 Å². The van der Waals surface area contributed by atoms with Gasteiger partial charge < -0.3 is 21.0 Å². The lowest BCUT2D eigenvalue weighted by Gasteiger charge is -2.37. The summed E-state index contributed by atoms with van der Waals surface area (Å²) < 4.78 is 0. The minimum atomic E-state index is -2.14. The number of nitrogens with two attached hydrogens (primary N) is 1. The van der Waals surface area contributed by atoms with E-state index in [-0.39, 0.29) is 24.3 Å². The summed E-state index contributed by atoms with van der Waals surface area (Å²) in [5.74, 6) is -1.93. The van der Waals surface area contributed by atoms with E-state index in [1.54, 1.807) is 42.1 Å². The van der Waals surface area contributed by atoms with Gasteiger partial charge in [-0.25, -0.2) is 4.79 Å². The molecule has 0 aromatic heterocycles. The molecule has 0 spiro atoms. The van der Waals surface area contributed by atoms with Crippen molar-refractivity contribution in [3.8, 4) is 0 Å². The Morgan fingerprint density at radius 3 is 2.33 bits per heavy atom. The van der Waals surface area contributed by atoms with Gasteiger partial charge >= 0.3 is 5.97 Å². The predicted molar refractivity (Wildman–Crippen MR) is 118 cm³/mol. The normalized spacial score (nSPS) is 15.0. The molecular formula is C21H31N3O5S. The minimum absolute atomic E-state index is 0.0200. The van der Waals surface area contributed by atoms with Crippen LogP contribution in [0.25, 0.3) is 0 Å². The fourth-order valence-corrected chi connectivity index (χ4v) is 3.39. The van der Waals surface area contributed by atoms with Crippen molar-refractivity contribution in [3.05, 3.63) is 30.3 Å². The molecule has 1 aromatic carbocycles. The SMILES string of the molecule is CSCC[C@H](N)C(=O)N[C@@H](CC(C)C)C(=O)N(c1ccccc1)[C@](C)(C=O)C(=O)O. The van der Waals surface area contributed by atoms with Gasteiger partial charge in [0.1, 0.15) is 6.04 Å². The Morgan fingerprint density at radius 1 is 1.27 bits per heavy atom. The summed E-state index contributed by atoms with van der Waals surface area (Å²) in [7, 11) is 0. The molecule has 0 heterocycles. The zero-order valence-electron chi connectivity index (χ0n) is 17.8. The molecule has 0 unspecified atom stereocenters. The van der Waals surface area contributed by atoms with Gasteiger partial charge in [0, 0.05) is 5.69 Å². The number of aldehydes is 1. The molecule has 0 aliphatic rings. The van der Waals surface area contributed by atoms with E-state index in [9.17, 15) is 24.3 Å². The number of benzene rings is 1. The van der Waals surface area contributed by atoms with Gasteiger partial charge in [-0.05, 0) is 49.8 Å². The Bertz CT molecular complexity index is 743. The average molecular weight is 438 g/mol. The third-order valence-corrected chi connectivity index (χ3v) is 5.30. The van der Waals surface area contributed by atoms with Crippen LogP contribution < -0.4 is 16.0 Å². The smallest absolute Gasteiger partial charge is 0.337 e. The van der Waals surface area contributed by atoms with Crippen molar-refractivity contribution in [1.82, 2.24) is 5.32 Å². The Balaban J connectivity index is 3.33. The monoisotopic (exact) mass is 437 g/mol. The molecule has 0 aliphatic carbocycles. The molecular weight excluding hydrogens is 406 g/mol. The minimum Gasteiger partial charge on any atom is -0.479 e. The molecule has 4 N–H and O–H groups in total. The standard InChI is InChI=1S/C21H31N3O5S/c1-14(2)12-17(23-18(26)16(22)10-11-30-4)19(27)24(15-8-6-5-7-9-15)21(3,13-25)20(28)29/h5-9,13-14,16-17H,10-12,22H2,1-4H3,(H,23,26)(H,28,29)/t16-,17-,21+/m0/s1. The van der Waals surface area contributed by atoms with Crippen LogP contribution in [0.15, 0.2) is 30.3 Å². The highest BCUT2D eigenvalue weighted by Gasteiger charge is 2.45. The van der Waals surface area contributed by atoms with E-state index < -0.39 is 35.4 Å². The number of amides is 2. The molecule has 0 radical (unpaired) electrons. The number of carbonyl (C=O) groups is 4. The van der Waals surface area contributed by atoms with Gasteiger partial charge in [0.05, 0.1) is 6.04 Å². The summed E-state index contributed by atoms with van der Waals surface area (Å²) in [4.78, 5) is 50.7.